The molecule has 8 nitrogen and oxygen atoms in total. The number of benzene rings is 5. The van der Waals surface area contributed by atoms with E-state index in [1.165, 1.54) is 12.1 Å². The van der Waals surface area contributed by atoms with E-state index < -0.39 is 142 Å². The van der Waals surface area contributed by atoms with Crippen LogP contribution in [0.15, 0.2) is 42.5 Å². The minimum Gasteiger partial charge on any atom is -0.456 e. The van der Waals surface area contributed by atoms with Crippen molar-refractivity contribution in [2.45, 2.75) is 0 Å². The summed E-state index contributed by atoms with van der Waals surface area (Å²) in [5.74, 6) is -33.8. The van der Waals surface area contributed by atoms with E-state index in [1.807, 2.05) is 0 Å². The number of carbonyl (C=O) groups is 4. The number of nitriles is 1. The fourth-order valence-corrected chi connectivity index (χ4v) is 5.73. The van der Waals surface area contributed by atoms with Crippen LogP contribution in [0, 0.1) is 69.5 Å². The zero-order valence-electron chi connectivity index (χ0n) is 24.2. The molecule has 18 heteroatoms. The van der Waals surface area contributed by atoms with Crippen LogP contribution in [0.3, 0.4) is 0 Å². The number of imide groups is 2. The molecule has 254 valence electrons. The van der Waals surface area contributed by atoms with Crippen molar-refractivity contribution in [3.05, 3.63) is 128 Å². The molecule has 0 fully saturated rings. The molecule has 2 aliphatic rings. The van der Waals surface area contributed by atoms with Gasteiger partial charge in [0.25, 0.3) is 23.6 Å². The highest BCUT2D eigenvalue weighted by Crippen LogP contribution is 2.46. The van der Waals surface area contributed by atoms with Crippen molar-refractivity contribution in [1.29, 1.82) is 5.26 Å². The molecule has 2 heterocycles. The zero-order chi connectivity index (χ0) is 37.0. The number of amides is 4. The van der Waals surface area contributed by atoms with Gasteiger partial charge in [0.05, 0.1) is 22.8 Å². The summed E-state index contributed by atoms with van der Waals surface area (Å²) in [5.41, 5.74) is -7.25. The largest absolute Gasteiger partial charge is 0.456 e. The van der Waals surface area contributed by atoms with Gasteiger partial charge in [0.15, 0.2) is 46.5 Å². The average Bonchev–Trinajstić information content (AvgIpc) is 3.12. The molecule has 0 N–H and O–H groups in total. The third-order valence-corrected chi connectivity index (χ3v) is 8.00. The summed E-state index contributed by atoms with van der Waals surface area (Å²) in [6.07, 6.45) is 0. The SMILES string of the molecule is N#Cc1ccc(Oc2cc3c4c(ccc5c4c2C(=O)N(c2c(F)c(F)c(F)c(F)c2F)C5=O)C(=O)N(c2c(F)c(F)c(F)c(F)c2F)C3=O)cc1. The second-order valence-electron chi connectivity index (χ2n) is 10.7. The molecule has 0 bridgehead atoms. The molecule has 4 amide bonds. The first kappa shape index (κ1) is 32.8. The van der Waals surface area contributed by atoms with E-state index in [-0.39, 0.29) is 11.3 Å². The topological polar surface area (TPSA) is 108 Å². The van der Waals surface area contributed by atoms with Crippen LogP contribution in [0.5, 0.6) is 11.5 Å². The number of rotatable bonds is 4. The van der Waals surface area contributed by atoms with Crippen molar-refractivity contribution < 1.29 is 67.8 Å². The maximum atomic E-state index is 15.0. The molecule has 5 aromatic rings. The van der Waals surface area contributed by atoms with E-state index in [0.717, 1.165) is 12.1 Å². The molecule has 0 atom stereocenters. The van der Waals surface area contributed by atoms with Gasteiger partial charge in [0.2, 0.25) is 11.6 Å². The Hall–Kier alpha value is -6.77. The fourth-order valence-electron chi connectivity index (χ4n) is 5.73. The Labute approximate surface area is 274 Å². The summed E-state index contributed by atoms with van der Waals surface area (Å²) in [5, 5.41) is 7.77. The molecule has 0 spiro atoms. The van der Waals surface area contributed by atoms with Gasteiger partial charge >= 0.3 is 0 Å². The highest BCUT2D eigenvalue weighted by Gasteiger charge is 2.47. The van der Waals surface area contributed by atoms with Crippen molar-refractivity contribution in [2.24, 2.45) is 0 Å². The number of halogens is 10. The van der Waals surface area contributed by atoms with Crippen molar-refractivity contribution in [2.75, 3.05) is 9.80 Å². The number of nitrogens with zero attached hydrogens (tertiary/aromatic N) is 3. The smallest absolute Gasteiger partial charge is 0.269 e. The lowest BCUT2D eigenvalue weighted by molar-refractivity contribution is 0.0868. The predicted molar refractivity (Wildman–Crippen MR) is 150 cm³/mol. The maximum absolute atomic E-state index is 15.0. The van der Waals surface area contributed by atoms with Gasteiger partial charge in [-0.05, 0) is 42.5 Å². The standard InChI is InChI=1S/C33H7F10N3O5/c34-18-20(36)24(40)28(25(41)21(18)37)45-30(47)11-5-6-12-16-15(11)13(32(45)49)7-14(51-10-3-1-9(8-44)2-4-10)17(16)33(50)46(31(12)48)29-26(42)22(38)19(35)23(39)27(29)43/h1-7H. The number of hydrogen-bond acceptors (Lipinski definition) is 6. The monoisotopic (exact) mass is 715 g/mol. The maximum Gasteiger partial charge on any atom is 0.269 e. The van der Waals surface area contributed by atoms with Gasteiger partial charge in [-0.25, -0.2) is 53.7 Å². The Balaban J connectivity index is 1.54. The molecule has 0 saturated carbocycles. The van der Waals surface area contributed by atoms with Crippen molar-refractivity contribution in [1.82, 2.24) is 0 Å². The summed E-state index contributed by atoms with van der Waals surface area (Å²) in [6, 6.07) is 8.41. The minimum absolute atomic E-state index is 0.0792. The summed E-state index contributed by atoms with van der Waals surface area (Å²) < 4.78 is 150. The highest BCUT2D eigenvalue weighted by molar-refractivity contribution is 6.43. The van der Waals surface area contributed by atoms with E-state index in [9.17, 15) is 54.3 Å². The molecule has 5 aromatic carbocycles. The predicted octanol–water partition coefficient (Wildman–Crippen LogP) is 7.50. The molecular weight excluding hydrogens is 708 g/mol. The van der Waals surface area contributed by atoms with E-state index in [0.29, 0.717) is 18.2 Å². The van der Waals surface area contributed by atoms with Crippen LogP contribution in [-0.2, 0) is 0 Å². The molecule has 2 aliphatic heterocycles. The van der Waals surface area contributed by atoms with E-state index in [4.69, 9.17) is 10.00 Å². The molecule has 51 heavy (non-hydrogen) atoms. The van der Waals surface area contributed by atoms with E-state index >= 15 is 8.78 Å². The molecule has 7 rings (SSSR count). The minimum atomic E-state index is -2.62. The van der Waals surface area contributed by atoms with Crippen LogP contribution >= 0.6 is 0 Å². The number of anilines is 2. The second kappa shape index (κ2) is 11.1. The Bertz CT molecular complexity index is 2510. The average molecular weight is 715 g/mol. The summed E-state index contributed by atoms with van der Waals surface area (Å²) in [4.78, 5) is 54.4. The van der Waals surface area contributed by atoms with Crippen LogP contribution in [0.4, 0.5) is 55.3 Å². The Morgan fingerprint density at radius 1 is 0.490 bits per heavy atom. The van der Waals surface area contributed by atoms with Gasteiger partial charge < -0.3 is 4.74 Å². The zero-order valence-corrected chi connectivity index (χ0v) is 24.2. The summed E-state index contributed by atoms with van der Waals surface area (Å²) in [6.45, 7) is 0. The van der Waals surface area contributed by atoms with Gasteiger partial charge in [-0.1, -0.05) is 0 Å². The lowest BCUT2D eigenvalue weighted by Crippen LogP contribution is -2.45. The Morgan fingerprint density at radius 2 is 0.882 bits per heavy atom. The van der Waals surface area contributed by atoms with Gasteiger partial charge in [-0.15, -0.1) is 0 Å². The van der Waals surface area contributed by atoms with E-state index in [1.54, 1.807) is 6.07 Å². The molecular formula is C33H7F10N3O5. The fraction of sp³-hybridized carbons (Fsp3) is 0. The number of ether oxygens (including phenoxy) is 1. The quantitative estimate of drug-likeness (QED) is 0.0826. The third-order valence-electron chi connectivity index (χ3n) is 8.00. The van der Waals surface area contributed by atoms with E-state index in [2.05, 4.69) is 0 Å². The first-order valence-corrected chi connectivity index (χ1v) is 13.7. The lowest BCUT2D eigenvalue weighted by Gasteiger charge is -2.33. The van der Waals surface area contributed by atoms with Gasteiger partial charge in [0.1, 0.15) is 22.9 Å². The lowest BCUT2D eigenvalue weighted by atomic mass is 9.85. The first-order valence-electron chi connectivity index (χ1n) is 13.7. The van der Waals surface area contributed by atoms with Crippen LogP contribution in [0.1, 0.15) is 47.0 Å². The van der Waals surface area contributed by atoms with Crippen molar-refractivity contribution >= 4 is 45.8 Å². The van der Waals surface area contributed by atoms with Crippen molar-refractivity contribution in [3.8, 4) is 17.6 Å². The van der Waals surface area contributed by atoms with Crippen LogP contribution < -0.4 is 14.5 Å². The summed E-state index contributed by atoms with van der Waals surface area (Å²) >= 11 is 0. The van der Waals surface area contributed by atoms with Crippen LogP contribution in [0.2, 0.25) is 0 Å². The molecule has 0 radical (unpaired) electrons. The van der Waals surface area contributed by atoms with Gasteiger partial charge in [0, 0.05) is 21.9 Å². The van der Waals surface area contributed by atoms with Crippen molar-refractivity contribution in [3.63, 3.8) is 0 Å². The van der Waals surface area contributed by atoms with Crippen LogP contribution in [-0.4, -0.2) is 23.6 Å². The molecule has 0 aromatic heterocycles. The van der Waals surface area contributed by atoms with Gasteiger partial charge in [-0.2, -0.15) is 5.26 Å². The number of carbonyl (C=O) groups excluding carboxylic acids is 4. The highest BCUT2D eigenvalue weighted by atomic mass is 19.2. The molecule has 0 unspecified atom stereocenters. The third kappa shape index (κ3) is 4.33. The van der Waals surface area contributed by atoms with Crippen LogP contribution in [0.25, 0.3) is 10.8 Å². The Kier molecular flexibility index (Phi) is 7.15. The molecule has 0 saturated heterocycles. The second-order valence-corrected chi connectivity index (χ2v) is 10.7. The number of hydrogen-bond donors (Lipinski definition) is 0. The normalized spacial score (nSPS) is 13.7. The molecule has 0 aliphatic carbocycles. The first-order chi connectivity index (χ1) is 24.1. The van der Waals surface area contributed by atoms with Gasteiger partial charge in [-0.3, -0.25) is 19.2 Å². The Morgan fingerprint density at radius 3 is 1.33 bits per heavy atom. The summed E-state index contributed by atoms with van der Waals surface area (Å²) in [7, 11) is 0.